The second-order valence-electron chi connectivity index (χ2n) is 5.34. The Morgan fingerprint density at radius 2 is 2.14 bits per heavy atom. The van der Waals surface area contributed by atoms with E-state index in [1.807, 2.05) is 13.8 Å². The minimum absolute atomic E-state index is 0.121. The molecule has 0 amide bonds. The lowest BCUT2D eigenvalue weighted by Crippen LogP contribution is -2.41. The Morgan fingerprint density at radius 1 is 1.43 bits per heavy atom. The summed E-state index contributed by atoms with van der Waals surface area (Å²) < 4.78 is 0. The topological polar surface area (TPSA) is 37.3 Å². The van der Waals surface area contributed by atoms with Crippen molar-refractivity contribution >= 4 is 6.29 Å². The molecule has 2 heteroatoms. The van der Waals surface area contributed by atoms with Crippen LogP contribution in [0.1, 0.15) is 39.5 Å². The molecule has 0 heterocycles. The molecule has 1 N–H and O–H groups in total. The fourth-order valence-corrected chi connectivity index (χ4v) is 3.67. The number of carbonyl (C=O) groups is 1. The molecular formula is C12H20O2. The van der Waals surface area contributed by atoms with Crippen molar-refractivity contribution in [2.45, 2.75) is 45.6 Å². The van der Waals surface area contributed by atoms with Crippen molar-refractivity contribution < 1.29 is 9.90 Å². The third-order valence-electron chi connectivity index (χ3n) is 4.73. The van der Waals surface area contributed by atoms with Crippen LogP contribution < -0.4 is 0 Å². The molecule has 2 fully saturated rings. The Balaban J connectivity index is 2.22. The van der Waals surface area contributed by atoms with E-state index in [2.05, 4.69) is 0 Å². The van der Waals surface area contributed by atoms with Crippen LogP contribution in [-0.2, 0) is 4.79 Å². The minimum atomic E-state index is -0.362. The van der Waals surface area contributed by atoms with Crippen molar-refractivity contribution in [3.8, 4) is 0 Å². The first-order valence-electron chi connectivity index (χ1n) is 5.74. The van der Waals surface area contributed by atoms with Crippen molar-refractivity contribution in [3.63, 3.8) is 0 Å². The Morgan fingerprint density at radius 3 is 2.50 bits per heavy atom. The van der Waals surface area contributed by atoms with E-state index >= 15 is 0 Å². The summed E-state index contributed by atoms with van der Waals surface area (Å²) in [6, 6.07) is 0. The zero-order valence-electron chi connectivity index (χ0n) is 9.07. The van der Waals surface area contributed by atoms with E-state index in [4.69, 9.17) is 0 Å². The molecule has 0 aliphatic heterocycles. The van der Waals surface area contributed by atoms with Gasteiger partial charge in [0.2, 0.25) is 0 Å². The summed E-state index contributed by atoms with van der Waals surface area (Å²) in [6.45, 7) is 3.83. The van der Waals surface area contributed by atoms with Gasteiger partial charge in [-0.3, -0.25) is 0 Å². The molecule has 0 aromatic heterocycles. The first kappa shape index (κ1) is 10.2. The summed E-state index contributed by atoms with van der Waals surface area (Å²) in [4.78, 5) is 11.4. The van der Waals surface area contributed by atoms with E-state index in [0.29, 0.717) is 5.92 Å². The van der Waals surface area contributed by atoms with Gasteiger partial charge in [-0.25, -0.2) is 0 Å². The van der Waals surface area contributed by atoms with Gasteiger partial charge in [0.15, 0.2) is 0 Å². The number of rotatable bonds is 3. The molecule has 14 heavy (non-hydrogen) atoms. The number of carbonyl (C=O) groups excluding carboxylic acids is 1. The predicted molar refractivity (Wildman–Crippen MR) is 54.8 cm³/mol. The van der Waals surface area contributed by atoms with Crippen molar-refractivity contribution in [2.24, 2.45) is 23.2 Å². The van der Waals surface area contributed by atoms with Gasteiger partial charge < -0.3 is 9.90 Å². The Labute approximate surface area is 85.7 Å². The molecule has 0 radical (unpaired) electrons. The van der Waals surface area contributed by atoms with Crippen molar-refractivity contribution in [1.82, 2.24) is 0 Å². The third kappa shape index (κ3) is 1.23. The van der Waals surface area contributed by atoms with Gasteiger partial charge in [-0.05, 0) is 43.9 Å². The SMILES string of the molecule is CC(O)C(C)C1(C=O)CC2CCC1C2. The van der Waals surface area contributed by atoms with Crippen LogP contribution in [0, 0.1) is 23.2 Å². The zero-order valence-corrected chi connectivity index (χ0v) is 9.07. The monoisotopic (exact) mass is 196 g/mol. The fraction of sp³-hybridized carbons (Fsp3) is 0.917. The van der Waals surface area contributed by atoms with Crippen LogP contribution in [0.25, 0.3) is 0 Å². The second-order valence-corrected chi connectivity index (χ2v) is 5.34. The Hall–Kier alpha value is -0.370. The molecule has 0 aromatic rings. The first-order valence-corrected chi connectivity index (χ1v) is 5.74. The predicted octanol–water partition coefficient (Wildman–Crippen LogP) is 2.01. The number of hydrogen-bond acceptors (Lipinski definition) is 2. The molecular weight excluding hydrogens is 176 g/mol. The highest BCUT2D eigenvalue weighted by atomic mass is 16.3. The van der Waals surface area contributed by atoms with Gasteiger partial charge in [-0.1, -0.05) is 13.3 Å². The van der Waals surface area contributed by atoms with Crippen LogP contribution in [0.3, 0.4) is 0 Å². The molecule has 0 saturated heterocycles. The Kier molecular flexibility index (Phi) is 2.42. The molecule has 2 aliphatic rings. The molecule has 0 spiro atoms. The fourth-order valence-electron chi connectivity index (χ4n) is 3.67. The summed E-state index contributed by atoms with van der Waals surface area (Å²) in [5.74, 6) is 1.43. The van der Waals surface area contributed by atoms with Gasteiger partial charge in [0, 0.05) is 5.41 Å². The van der Waals surface area contributed by atoms with Gasteiger partial charge in [0.05, 0.1) is 6.10 Å². The highest BCUT2D eigenvalue weighted by molar-refractivity contribution is 5.62. The number of aldehydes is 1. The summed E-state index contributed by atoms with van der Waals surface area (Å²) in [6.07, 6.45) is 5.52. The van der Waals surface area contributed by atoms with Gasteiger partial charge in [0.1, 0.15) is 6.29 Å². The molecule has 2 rings (SSSR count). The number of fused-ring (bicyclic) bond motifs is 2. The normalized spacial score (nSPS) is 45.1. The molecule has 2 nitrogen and oxygen atoms in total. The largest absolute Gasteiger partial charge is 0.393 e. The standard InChI is InChI=1S/C12H20O2/c1-8(9(2)14)12(7-13)6-10-3-4-11(12)5-10/h7-11,14H,3-6H2,1-2H3. The quantitative estimate of drug-likeness (QED) is 0.701. The molecule has 80 valence electrons. The molecule has 2 saturated carbocycles. The molecule has 5 atom stereocenters. The highest BCUT2D eigenvalue weighted by Gasteiger charge is 2.54. The lowest BCUT2D eigenvalue weighted by molar-refractivity contribution is -0.125. The third-order valence-corrected chi connectivity index (χ3v) is 4.73. The maximum Gasteiger partial charge on any atom is 0.126 e. The molecule has 0 aromatic carbocycles. The minimum Gasteiger partial charge on any atom is -0.393 e. The van der Waals surface area contributed by atoms with Gasteiger partial charge in [-0.15, -0.1) is 0 Å². The summed E-state index contributed by atoms with van der Waals surface area (Å²) in [7, 11) is 0. The van der Waals surface area contributed by atoms with Gasteiger partial charge in [-0.2, -0.15) is 0 Å². The van der Waals surface area contributed by atoms with E-state index in [-0.39, 0.29) is 17.4 Å². The average molecular weight is 196 g/mol. The number of hydrogen-bond donors (Lipinski definition) is 1. The summed E-state index contributed by atoms with van der Waals surface area (Å²) in [5, 5.41) is 9.65. The second kappa shape index (κ2) is 3.34. The van der Waals surface area contributed by atoms with Crippen molar-refractivity contribution in [3.05, 3.63) is 0 Å². The maximum absolute atomic E-state index is 11.4. The summed E-state index contributed by atoms with van der Waals surface area (Å²) >= 11 is 0. The average Bonchev–Trinajstić information content (AvgIpc) is 2.75. The van der Waals surface area contributed by atoms with Crippen LogP contribution in [0.2, 0.25) is 0 Å². The lowest BCUT2D eigenvalue weighted by atomic mass is 9.65. The van der Waals surface area contributed by atoms with Crippen LogP contribution in [0.4, 0.5) is 0 Å². The first-order chi connectivity index (χ1) is 6.60. The summed E-state index contributed by atoms with van der Waals surface area (Å²) in [5.41, 5.74) is -0.197. The van der Waals surface area contributed by atoms with Crippen LogP contribution in [-0.4, -0.2) is 17.5 Å². The molecule has 5 unspecified atom stereocenters. The zero-order chi connectivity index (χ0) is 10.3. The molecule has 2 bridgehead atoms. The van der Waals surface area contributed by atoms with Gasteiger partial charge in [0.25, 0.3) is 0 Å². The van der Waals surface area contributed by atoms with E-state index in [9.17, 15) is 9.90 Å². The van der Waals surface area contributed by atoms with E-state index in [1.54, 1.807) is 0 Å². The van der Waals surface area contributed by atoms with Crippen LogP contribution >= 0.6 is 0 Å². The molecule has 2 aliphatic carbocycles. The van der Waals surface area contributed by atoms with E-state index in [1.165, 1.54) is 19.3 Å². The number of aliphatic hydroxyl groups is 1. The van der Waals surface area contributed by atoms with Crippen molar-refractivity contribution in [1.29, 1.82) is 0 Å². The van der Waals surface area contributed by atoms with Crippen molar-refractivity contribution in [2.75, 3.05) is 0 Å². The van der Waals surface area contributed by atoms with E-state index in [0.717, 1.165) is 18.6 Å². The highest BCUT2D eigenvalue weighted by Crippen LogP contribution is 2.58. The Bertz CT molecular complexity index is 236. The van der Waals surface area contributed by atoms with Crippen LogP contribution in [0.5, 0.6) is 0 Å². The number of aliphatic hydroxyl groups excluding tert-OH is 1. The van der Waals surface area contributed by atoms with Gasteiger partial charge >= 0.3 is 0 Å². The van der Waals surface area contributed by atoms with Crippen LogP contribution in [0.15, 0.2) is 0 Å². The smallest absolute Gasteiger partial charge is 0.126 e. The maximum atomic E-state index is 11.4. The lowest BCUT2D eigenvalue weighted by Gasteiger charge is -2.39. The van der Waals surface area contributed by atoms with E-state index < -0.39 is 0 Å².